The van der Waals surface area contributed by atoms with E-state index < -0.39 is 0 Å². The molecule has 0 saturated carbocycles. The predicted molar refractivity (Wildman–Crippen MR) is 92.1 cm³/mol. The average molecular weight is 304 g/mol. The first-order valence-electron chi connectivity index (χ1n) is 7.61. The molecule has 0 saturated heterocycles. The molecule has 5 heteroatoms. The summed E-state index contributed by atoms with van der Waals surface area (Å²) in [6.45, 7) is 8.94. The Kier molecular flexibility index (Phi) is 6.89. The molecule has 0 unspecified atom stereocenters. The molecule has 122 valence electrons. The summed E-state index contributed by atoms with van der Waals surface area (Å²) in [5.74, 6) is 0.589. The second-order valence-electron chi connectivity index (χ2n) is 6.39. The average Bonchev–Trinajstić information content (AvgIpc) is 2.40. The smallest absolute Gasteiger partial charge is 0.239 e. The van der Waals surface area contributed by atoms with E-state index in [0.29, 0.717) is 5.96 Å². The van der Waals surface area contributed by atoms with Gasteiger partial charge in [-0.1, -0.05) is 29.8 Å². The molecule has 0 aliphatic rings. The summed E-state index contributed by atoms with van der Waals surface area (Å²) >= 11 is 0. The second kappa shape index (κ2) is 8.41. The maximum absolute atomic E-state index is 11.8. The van der Waals surface area contributed by atoms with Gasteiger partial charge in [0.15, 0.2) is 5.96 Å². The Hall–Kier alpha value is -2.04. The molecule has 5 nitrogen and oxygen atoms in total. The first kappa shape index (κ1) is 18.0. The third-order valence-electron chi connectivity index (χ3n) is 2.94. The van der Waals surface area contributed by atoms with E-state index in [0.717, 1.165) is 13.0 Å². The molecule has 1 rings (SSSR count). The Morgan fingerprint density at radius 2 is 1.95 bits per heavy atom. The summed E-state index contributed by atoms with van der Waals surface area (Å²) in [5.41, 5.74) is 2.33. The Morgan fingerprint density at radius 1 is 1.23 bits per heavy atom. The van der Waals surface area contributed by atoms with Gasteiger partial charge in [-0.25, -0.2) is 0 Å². The highest BCUT2D eigenvalue weighted by Gasteiger charge is 2.13. The first-order valence-corrected chi connectivity index (χ1v) is 7.61. The maximum atomic E-state index is 11.8. The molecule has 0 fully saturated rings. The summed E-state index contributed by atoms with van der Waals surface area (Å²) in [4.78, 5) is 15.9. The third kappa shape index (κ3) is 7.67. The molecule has 0 spiro atoms. The van der Waals surface area contributed by atoms with E-state index in [2.05, 4.69) is 52.1 Å². The number of carbonyl (C=O) groups excluding carboxylic acids is 1. The Balaban J connectivity index is 2.32. The van der Waals surface area contributed by atoms with E-state index in [1.165, 1.54) is 11.1 Å². The van der Waals surface area contributed by atoms with Gasteiger partial charge in [-0.3, -0.25) is 9.79 Å². The number of nitrogens with one attached hydrogen (secondary N) is 3. The van der Waals surface area contributed by atoms with Gasteiger partial charge in [0.2, 0.25) is 5.91 Å². The van der Waals surface area contributed by atoms with E-state index in [1.807, 2.05) is 20.8 Å². The van der Waals surface area contributed by atoms with Crippen LogP contribution in [0.15, 0.2) is 29.3 Å². The molecular weight excluding hydrogens is 276 g/mol. The van der Waals surface area contributed by atoms with E-state index in [-0.39, 0.29) is 18.0 Å². The van der Waals surface area contributed by atoms with Crippen molar-refractivity contribution in [3.63, 3.8) is 0 Å². The number of hydrogen-bond donors (Lipinski definition) is 3. The van der Waals surface area contributed by atoms with Crippen molar-refractivity contribution in [3.8, 4) is 0 Å². The fraction of sp³-hybridized carbons (Fsp3) is 0.529. The minimum Gasteiger partial charge on any atom is -0.356 e. The van der Waals surface area contributed by atoms with Crippen LogP contribution in [0.2, 0.25) is 0 Å². The zero-order valence-corrected chi connectivity index (χ0v) is 14.3. The number of aryl methyl sites for hydroxylation is 1. The number of amides is 1. The predicted octanol–water partition coefficient (Wildman–Crippen LogP) is 1.62. The number of aliphatic imine (C=N–C) groups is 1. The van der Waals surface area contributed by atoms with Crippen LogP contribution >= 0.6 is 0 Å². The van der Waals surface area contributed by atoms with Gasteiger partial charge < -0.3 is 16.0 Å². The molecule has 0 radical (unpaired) electrons. The van der Waals surface area contributed by atoms with Gasteiger partial charge >= 0.3 is 0 Å². The fourth-order valence-electron chi connectivity index (χ4n) is 2.04. The molecule has 0 heterocycles. The molecule has 3 N–H and O–H groups in total. The monoisotopic (exact) mass is 304 g/mol. The highest BCUT2D eigenvalue weighted by atomic mass is 16.2. The molecule has 1 amide bonds. The third-order valence-corrected chi connectivity index (χ3v) is 2.94. The quantitative estimate of drug-likeness (QED) is 0.572. The number of guanidine groups is 1. The van der Waals surface area contributed by atoms with Crippen molar-refractivity contribution >= 4 is 11.9 Å². The van der Waals surface area contributed by atoms with Gasteiger partial charge in [0.1, 0.15) is 0 Å². The van der Waals surface area contributed by atoms with Crippen LogP contribution in [0.25, 0.3) is 0 Å². The molecule has 1 aromatic rings. The summed E-state index contributed by atoms with van der Waals surface area (Å²) in [5, 5.41) is 9.13. The number of benzene rings is 1. The Bertz CT molecular complexity index is 518. The number of hydrogen-bond acceptors (Lipinski definition) is 2. The van der Waals surface area contributed by atoms with Crippen LogP contribution in [0.1, 0.15) is 31.9 Å². The van der Waals surface area contributed by atoms with Crippen molar-refractivity contribution in [1.29, 1.82) is 0 Å². The van der Waals surface area contributed by atoms with Gasteiger partial charge in [0, 0.05) is 19.1 Å². The summed E-state index contributed by atoms with van der Waals surface area (Å²) in [6, 6.07) is 8.44. The van der Waals surface area contributed by atoms with Gasteiger partial charge in [0.25, 0.3) is 0 Å². The summed E-state index contributed by atoms with van der Waals surface area (Å²) in [7, 11) is 1.70. The standard InChI is InChI=1S/C17H28N4O/c1-13-7-6-8-14(11-13)9-10-19-16(18-5)20-12-15(22)21-17(2,3)4/h6-8,11H,9-10,12H2,1-5H3,(H,21,22)(H2,18,19,20). The van der Waals surface area contributed by atoms with Crippen LogP contribution in [-0.4, -0.2) is 37.5 Å². The van der Waals surface area contributed by atoms with Crippen molar-refractivity contribution in [2.24, 2.45) is 4.99 Å². The van der Waals surface area contributed by atoms with Crippen LogP contribution in [0.3, 0.4) is 0 Å². The molecule has 0 bridgehead atoms. The molecule has 0 aliphatic heterocycles. The zero-order chi connectivity index (χ0) is 16.6. The fourth-order valence-corrected chi connectivity index (χ4v) is 2.04. The minimum absolute atomic E-state index is 0.0471. The van der Waals surface area contributed by atoms with E-state index in [9.17, 15) is 4.79 Å². The van der Waals surface area contributed by atoms with Gasteiger partial charge in [0.05, 0.1) is 6.54 Å². The minimum atomic E-state index is -0.221. The van der Waals surface area contributed by atoms with Crippen LogP contribution < -0.4 is 16.0 Å². The highest BCUT2D eigenvalue weighted by molar-refractivity contribution is 5.86. The number of rotatable bonds is 5. The summed E-state index contributed by atoms with van der Waals surface area (Å²) < 4.78 is 0. The molecule has 0 aliphatic carbocycles. The highest BCUT2D eigenvalue weighted by Crippen LogP contribution is 2.03. The molecule has 22 heavy (non-hydrogen) atoms. The Labute approximate surface area is 133 Å². The second-order valence-corrected chi connectivity index (χ2v) is 6.39. The number of nitrogens with zero attached hydrogens (tertiary/aromatic N) is 1. The maximum Gasteiger partial charge on any atom is 0.239 e. The van der Waals surface area contributed by atoms with E-state index in [4.69, 9.17) is 0 Å². The van der Waals surface area contributed by atoms with E-state index in [1.54, 1.807) is 7.05 Å². The summed E-state index contributed by atoms with van der Waals surface area (Å²) in [6.07, 6.45) is 0.913. The van der Waals surface area contributed by atoms with Crippen molar-refractivity contribution in [2.45, 2.75) is 39.7 Å². The first-order chi connectivity index (χ1) is 10.3. The van der Waals surface area contributed by atoms with Crippen molar-refractivity contribution in [1.82, 2.24) is 16.0 Å². The van der Waals surface area contributed by atoms with Crippen LogP contribution in [-0.2, 0) is 11.2 Å². The lowest BCUT2D eigenvalue weighted by Crippen LogP contribution is -2.48. The van der Waals surface area contributed by atoms with Gasteiger partial charge in [-0.2, -0.15) is 0 Å². The normalized spacial score (nSPS) is 12.0. The van der Waals surface area contributed by atoms with Gasteiger partial charge in [-0.15, -0.1) is 0 Å². The lowest BCUT2D eigenvalue weighted by atomic mass is 10.1. The lowest BCUT2D eigenvalue weighted by molar-refractivity contribution is -0.121. The van der Waals surface area contributed by atoms with Crippen LogP contribution in [0.4, 0.5) is 0 Å². The number of carbonyl (C=O) groups is 1. The van der Waals surface area contributed by atoms with Crippen molar-refractivity contribution in [2.75, 3.05) is 20.1 Å². The SMILES string of the molecule is CN=C(NCCc1cccc(C)c1)NCC(=O)NC(C)(C)C. The van der Waals surface area contributed by atoms with Gasteiger partial charge in [-0.05, 0) is 39.7 Å². The topological polar surface area (TPSA) is 65.5 Å². The molecule has 0 atom stereocenters. The van der Waals surface area contributed by atoms with E-state index >= 15 is 0 Å². The van der Waals surface area contributed by atoms with Crippen LogP contribution in [0, 0.1) is 6.92 Å². The van der Waals surface area contributed by atoms with Crippen LogP contribution in [0.5, 0.6) is 0 Å². The lowest BCUT2D eigenvalue weighted by Gasteiger charge is -2.21. The Morgan fingerprint density at radius 3 is 2.55 bits per heavy atom. The molecule has 0 aromatic heterocycles. The molecule has 1 aromatic carbocycles. The zero-order valence-electron chi connectivity index (χ0n) is 14.3. The van der Waals surface area contributed by atoms with Crippen molar-refractivity contribution in [3.05, 3.63) is 35.4 Å². The van der Waals surface area contributed by atoms with Crippen molar-refractivity contribution < 1.29 is 4.79 Å². The largest absolute Gasteiger partial charge is 0.356 e. The molecular formula is C17H28N4O.